The number of aromatic nitrogens is 4. The molecule has 2 aromatic heterocycles. The van der Waals surface area contributed by atoms with Crippen LogP contribution in [0, 0.1) is 0 Å². The molecule has 0 aliphatic rings. The Morgan fingerprint density at radius 2 is 1.78 bits per heavy atom. The highest BCUT2D eigenvalue weighted by Gasteiger charge is 2.21. The van der Waals surface area contributed by atoms with Crippen molar-refractivity contribution in [2.75, 3.05) is 31.2 Å². The molecule has 0 spiro atoms. The third-order valence-corrected chi connectivity index (χ3v) is 4.48. The van der Waals surface area contributed by atoms with E-state index in [1.807, 2.05) is 30.3 Å². The summed E-state index contributed by atoms with van der Waals surface area (Å²) < 4.78 is 3.03. The number of aryl methyl sites for hydroxylation is 3. The summed E-state index contributed by atoms with van der Waals surface area (Å²) in [6.45, 7) is 0.709. The lowest BCUT2D eigenvalue weighted by molar-refractivity contribution is 0.279. The summed E-state index contributed by atoms with van der Waals surface area (Å²) in [7, 11) is 1.54. The van der Waals surface area contributed by atoms with Crippen LogP contribution in [0.2, 0.25) is 0 Å². The smallest absolute Gasteiger partial charge is 0.329 e. The highest BCUT2D eigenvalue weighted by molar-refractivity contribution is 5.74. The molecule has 9 heteroatoms. The van der Waals surface area contributed by atoms with Gasteiger partial charge in [0.05, 0.1) is 13.2 Å². The molecule has 0 aliphatic carbocycles. The van der Waals surface area contributed by atoms with Crippen molar-refractivity contribution < 1.29 is 10.2 Å². The SMILES string of the molecule is Cn1c(=O)[nH]c(=O)c2c1nc(N(CCO)CCO)n2CCc1ccccc1. The van der Waals surface area contributed by atoms with Crippen LogP contribution in [0.25, 0.3) is 11.2 Å². The van der Waals surface area contributed by atoms with Crippen LogP contribution >= 0.6 is 0 Å². The Morgan fingerprint density at radius 1 is 1.11 bits per heavy atom. The maximum Gasteiger partial charge on any atom is 0.329 e. The van der Waals surface area contributed by atoms with Crippen molar-refractivity contribution in [2.45, 2.75) is 13.0 Å². The van der Waals surface area contributed by atoms with Crippen molar-refractivity contribution in [3.63, 3.8) is 0 Å². The van der Waals surface area contributed by atoms with Crippen LogP contribution in [-0.4, -0.2) is 55.6 Å². The fraction of sp³-hybridized carbons (Fsp3) is 0.389. The van der Waals surface area contributed by atoms with Gasteiger partial charge in [-0.25, -0.2) is 4.79 Å². The van der Waals surface area contributed by atoms with Gasteiger partial charge in [0.15, 0.2) is 11.2 Å². The molecule has 0 aliphatic heterocycles. The Balaban J connectivity index is 2.14. The minimum absolute atomic E-state index is 0.128. The molecular formula is C18H23N5O4. The Bertz CT molecular complexity index is 1020. The number of imidazole rings is 1. The van der Waals surface area contributed by atoms with Crippen LogP contribution in [0.1, 0.15) is 5.56 Å². The van der Waals surface area contributed by atoms with E-state index in [9.17, 15) is 19.8 Å². The normalized spacial score (nSPS) is 11.2. The monoisotopic (exact) mass is 373 g/mol. The summed E-state index contributed by atoms with van der Waals surface area (Å²) >= 11 is 0. The van der Waals surface area contributed by atoms with Crippen LogP contribution in [0.3, 0.4) is 0 Å². The van der Waals surface area contributed by atoms with Gasteiger partial charge in [0.25, 0.3) is 5.56 Å². The van der Waals surface area contributed by atoms with Gasteiger partial charge < -0.3 is 19.7 Å². The van der Waals surface area contributed by atoms with Gasteiger partial charge >= 0.3 is 5.69 Å². The van der Waals surface area contributed by atoms with E-state index in [0.29, 0.717) is 24.4 Å². The van der Waals surface area contributed by atoms with Gasteiger partial charge in [0.2, 0.25) is 5.95 Å². The van der Waals surface area contributed by atoms with Crippen molar-refractivity contribution in [3.05, 3.63) is 56.7 Å². The predicted octanol–water partition coefficient (Wildman–Crippen LogP) is -0.543. The summed E-state index contributed by atoms with van der Waals surface area (Å²) in [5.74, 6) is 0.440. The second-order valence-corrected chi connectivity index (χ2v) is 6.22. The molecule has 0 fully saturated rings. The molecule has 3 rings (SSSR count). The van der Waals surface area contributed by atoms with Crippen molar-refractivity contribution in [1.29, 1.82) is 0 Å². The average Bonchev–Trinajstić information content (AvgIpc) is 3.05. The zero-order chi connectivity index (χ0) is 19.4. The number of anilines is 1. The third-order valence-electron chi connectivity index (χ3n) is 4.48. The van der Waals surface area contributed by atoms with Gasteiger partial charge in [-0.05, 0) is 12.0 Å². The topological polar surface area (TPSA) is 116 Å². The van der Waals surface area contributed by atoms with E-state index in [-0.39, 0.29) is 32.0 Å². The molecule has 3 aromatic rings. The Kier molecular flexibility index (Phi) is 5.72. The standard InChI is InChI=1S/C18H23N5O4/c1-21-15-14(16(26)20-18(21)27)23(8-7-13-5-3-2-4-6-13)17(19-15)22(9-11-24)10-12-25/h2-6,24-25H,7-12H2,1H3,(H,20,26,27). The molecule has 0 saturated heterocycles. The first kappa shape index (κ1) is 18.9. The van der Waals surface area contributed by atoms with E-state index < -0.39 is 11.2 Å². The molecule has 144 valence electrons. The van der Waals surface area contributed by atoms with Gasteiger partial charge in [0, 0.05) is 26.7 Å². The molecule has 0 atom stereocenters. The highest BCUT2D eigenvalue weighted by atomic mass is 16.3. The molecule has 0 bridgehead atoms. The Hall–Kier alpha value is -2.91. The van der Waals surface area contributed by atoms with E-state index in [4.69, 9.17) is 0 Å². The number of fused-ring (bicyclic) bond motifs is 1. The van der Waals surface area contributed by atoms with Gasteiger partial charge in [-0.3, -0.25) is 14.3 Å². The lowest BCUT2D eigenvalue weighted by Crippen LogP contribution is -2.32. The number of aliphatic hydroxyl groups is 2. The summed E-state index contributed by atoms with van der Waals surface area (Å²) in [6.07, 6.45) is 0.660. The van der Waals surface area contributed by atoms with Gasteiger partial charge in [0.1, 0.15) is 0 Å². The third kappa shape index (κ3) is 3.79. The summed E-state index contributed by atoms with van der Waals surface area (Å²) in [4.78, 5) is 32.9. The Labute approximate surface area is 155 Å². The molecule has 9 nitrogen and oxygen atoms in total. The number of hydrogen-bond donors (Lipinski definition) is 3. The lowest BCUT2D eigenvalue weighted by Gasteiger charge is -2.22. The maximum atomic E-state index is 12.5. The largest absolute Gasteiger partial charge is 0.395 e. The Morgan fingerprint density at radius 3 is 2.41 bits per heavy atom. The summed E-state index contributed by atoms with van der Waals surface area (Å²) in [5, 5.41) is 18.7. The highest BCUT2D eigenvalue weighted by Crippen LogP contribution is 2.20. The molecule has 27 heavy (non-hydrogen) atoms. The van der Waals surface area contributed by atoms with Crippen molar-refractivity contribution in [3.8, 4) is 0 Å². The number of nitrogens with zero attached hydrogens (tertiary/aromatic N) is 4. The van der Waals surface area contributed by atoms with Crippen molar-refractivity contribution in [1.82, 2.24) is 19.1 Å². The number of H-pyrrole nitrogens is 1. The van der Waals surface area contributed by atoms with Crippen LogP contribution in [-0.2, 0) is 20.0 Å². The molecule has 0 amide bonds. The quantitative estimate of drug-likeness (QED) is 0.488. The number of rotatable bonds is 8. The fourth-order valence-corrected chi connectivity index (χ4v) is 3.12. The second-order valence-electron chi connectivity index (χ2n) is 6.22. The zero-order valence-corrected chi connectivity index (χ0v) is 15.1. The first-order valence-electron chi connectivity index (χ1n) is 8.77. The molecule has 0 radical (unpaired) electrons. The predicted molar refractivity (Wildman–Crippen MR) is 102 cm³/mol. The zero-order valence-electron chi connectivity index (χ0n) is 15.1. The molecule has 3 N–H and O–H groups in total. The van der Waals surface area contributed by atoms with Gasteiger partial charge in [-0.1, -0.05) is 30.3 Å². The summed E-state index contributed by atoms with van der Waals surface area (Å²) in [6, 6.07) is 9.83. The number of benzene rings is 1. The van der Waals surface area contributed by atoms with Crippen molar-refractivity contribution >= 4 is 17.1 Å². The van der Waals surface area contributed by atoms with Crippen LogP contribution in [0.15, 0.2) is 39.9 Å². The number of nitrogens with one attached hydrogen (secondary N) is 1. The maximum absolute atomic E-state index is 12.5. The van der Waals surface area contributed by atoms with Crippen molar-refractivity contribution in [2.24, 2.45) is 7.05 Å². The number of hydrogen-bond acceptors (Lipinski definition) is 6. The minimum atomic E-state index is -0.539. The first-order valence-corrected chi connectivity index (χ1v) is 8.77. The van der Waals surface area contributed by atoms with Crippen LogP contribution in [0.5, 0.6) is 0 Å². The summed E-state index contributed by atoms with van der Waals surface area (Å²) in [5.41, 5.74) is 0.620. The van der Waals surface area contributed by atoms with E-state index in [1.54, 1.807) is 16.5 Å². The average molecular weight is 373 g/mol. The molecule has 2 heterocycles. The van der Waals surface area contributed by atoms with E-state index in [2.05, 4.69) is 9.97 Å². The second kappa shape index (κ2) is 8.19. The molecule has 0 saturated carbocycles. The fourth-order valence-electron chi connectivity index (χ4n) is 3.12. The first-order chi connectivity index (χ1) is 13.1. The number of aromatic amines is 1. The molecule has 0 unspecified atom stereocenters. The van der Waals surface area contributed by atoms with Crippen LogP contribution in [0.4, 0.5) is 5.95 Å². The van der Waals surface area contributed by atoms with E-state index >= 15 is 0 Å². The van der Waals surface area contributed by atoms with Gasteiger partial charge in [-0.15, -0.1) is 0 Å². The minimum Gasteiger partial charge on any atom is -0.395 e. The number of aliphatic hydroxyl groups excluding tert-OH is 2. The van der Waals surface area contributed by atoms with Gasteiger partial charge in [-0.2, -0.15) is 4.98 Å². The lowest BCUT2D eigenvalue weighted by atomic mass is 10.1. The van der Waals surface area contributed by atoms with E-state index in [1.165, 1.54) is 4.57 Å². The van der Waals surface area contributed by atoms with Crippen LogP contribution < -0.4 is 16.1 Å². The molecule has 1 aromatic carbocycles. The molecular weight excluding hydrogens is 350 g/mol. The van der Waals surface area contributed by atoms with E-state index in [0.717, 1.165) is 5.56 Å².